The highest BCUT2D eigenvalue weighted by Crippen LogP contribution is 2.32. The van der Waals surface area contributed by atoms with Crippen LogP contribution in [0.1, 0.15) is 41.6 Å². The fraction of sp³-hybridized carbons (Fsp3) is 0.389. The minimum atomic E-state index is -0.511. The number of carbonyl (C=O) groups is 1. The molecule has 0 unspecified atom stereocenters. The molecular formula is C18H22N6O3. The maximum absolute atomic E-state index is 12.4. The van der Waals surface area contributed by atoms with Gasteiger partial charge in [-0.05, 0) is 31.4 Å². The highest BCUT2D eigenvalue weighted by atomic mass is 16.6. The Morgan fingerprint density at radius 3 is 2.52 bits per heavy atom. The van der Waals surface area contributed by atoms with E-state index < -0.39 is 10.8 Å². The standard InChI is InChI=1S/C18H22N6O3/c1-13-8-4-5-9-14(13)18(25)22-21-16-15(24(26)27)17(20-12-19-16)23-10-6-2-3-7-11-23/h4-5,8-9,12H,2-3,6-7,10-11H2,1H3,(H,22,25)(H,19,20,21). The Balaban J connectivity index is 1.83. The molecule has 2 aromatic rings. The Labute approximate surface area is 156 Å². The molecule has 0 atom stereocenters. The largest absolute Gasteiger partial charge is 0.355 e. The molecule has 2 heterocycles. The van der Waals surface area contributed by atoms with Crippen LogP contribution in [0.3, 0.4) is 0 Å². The number of benzene rings is 1. The summed E-state index contributed by atoms with van der Waals surface area (Å²) in [5.41, 5.74) is 6.14. The Kier molecular flexibility index (Phi) is 5.80. The number of carbonyl (C=O) groups excluding carboxylic acids is 1. The van der Waals surface area contributed by atoms with E-state index >= 15 is 0 Å². The molecule has 3 rings (SSSR count). The second kappa shape index (κ2) is 8.43. The summed E-state index contributed by atoms with van der Waals surface area (Å²) in [6.45, 7) is 3.25. The first-order valence-corrected chi connectivity index (χ1v) is 8.94. The van der Waals surface area contributed by atoms with E-state index in [1.807, 2.05) is 24.0 Å². The summed E-state index contributed by atoms with van der Waals surface area (Å²) < 4.78 is 0. The molecule has 142 valence electrons. The summed E-state index contributed by atoms with van der Waals surface area (Å²) in [5.74, 6) is -0.141. The third-order valence-corrected chi connectivity index (χ3v) is 4.58. The van der Waals surface area contributed by atoms with Gasteiger partial charge in [0.15, 0.2) is 0 Å². The molecule has 0 aliphatic carbocycles. The SMILES string of the molecule is Cc1ccccc1C(=O)NNc1ncnc(N2CCCCCC2)c1[N+](=O)[O-]. The average molecular weight is 370 g/mol. The summed E-state index contributed by atoms with van der Waals surface area (Å²) >= 11 is 0. The molecule has 1 aliphatic rings. The first kappa shape index (κ1) is 18.6. The summed E-state index contributed by atoms with van der Waals surface area (Å²) in [7, 11) is 0. The van der Waals surface area contributed by atoms with Crippen LogP contribution in [0.5, 0.6) is 0 Å². The number of amides is 1. The molecule has 0 saturated carbocycles. The predicted octanol–water partition coefficient (Wildman–Crippen LogP) is 2.83. The van der Waals surface area contributed by atoms with Gasteiger partial charge in [0, 0.05) is 18.7 Å². The van der Waals surface area contributed by atoms with E-state index in [9.17, 15) is 14.9 Å². The van der Waals surface area contributed by atoms with Crippen LogP contribution < -0.4 is 15.8 Å². The van der Waals surface area contributed by atoms with Crippen LogP contribution in [0.25, 0.3) is 0 Å². The van der Waals surface area contributed by atoms with Crippen molar-refractivity contribution >= 4 is 23.2 Å². The lowest BCUT2D eigenvalue weighted by atomic mass is 10.1. The summed E-state index contributed by atoms with van der Waals surface area (Å²) in [5, 5.41) is 11.7. The minimum absolute atomic E-state index is 0.0313. The molecule has 1 aliphatic heterocycles. The Bertz CT molecular complexity index is 834. The number of nitrogens with one attached hydrogen (secondary N) is 2. The lowest BCUT2D eigenvalue weighted by Gasteiger charge is -2.21. The van der Waals surface area contributed by atoms with Crippen molar-refractivity contribution < 1.29 is 9.72 Å². The Hall–Kier alpha value is -3.23. The van der Waals surface area contributed by atoms with E-state index in [1.165, 1.54) is 6.33 Å². The van der Waals surface area contributed by atoms with E-state index in [0.29, 0.717) is 18.7 Å². The Morgan fingerprint density at radius 1 is 1.15 bits per heavy atom. The van der Waals surface area contributed by atoms with Crippen LogP contribution in [0, 0.1) is 17.0 Å². The second-order valence-electron chi connectivity index (χ2n) is 6.45. The lowest BCUT2D eigenvalue weighted by Crippen LogP contribution is -2.31. The van der Waals surface area contributed by atoms with Gasteiger partial charge in [0.25, 0.3) is 5.91 Å². The van der Waals surface area contributed by atoms with Crippen molar-refractivity contribution in [3.8, 4) is 0 Å². The van der Waals surface area contributed by atoms with Gasteiger partial charge in [-0.15, -0.1) is 0 Å². The van der Waals surface area contributed by atoms with Crippen LogP contribution >= 0.6 is 0 Å². The fourth-order valence-electron chi connectivity index (χ4n) is 3.15. The topological polar surface area (TPSA) is 113 Å². The molecular weight excluding hydrogens is 348 g/mol. The van der Waals surface area contributed by atoms with E-state index in [1.54, 1.807) is 12.1 Å². The van der Waals surface area contributed by atoms with Gasteiger partial charge in [-0.25, -0.2) is 9.97 Å². The third-order valence-electron chi connectivity index (χ3n) is 4.58. The zero-order chi connectivity index (χ0) is 19.2. The smallest absolute Gasteiger partial charge is 0.351 e. The predicted molar refractivity (Wildman–Crippen MR) is 102 cm³/mol. The number of nitrogens with zero attached hydrogens (tertiary/aromatic N) is 4. The van der Waals surface area contributed by atoms with Gasteiger partial charge in [0.05, 0.1) is 4.92 Å². The molecule has 9 nitrogen and oxygen atoms in total. The first-order chi connectivity index (χ1) is 13.1. The normalized spacial score (nSPS) is 14.3. The van der Waals surface area contributed by atoms with Crippen LogP contribution in [0.4, 0.5) is 17.3 Å². The number of hydrogen-bond donors (Lipinski definition) is 2. The zero-order valence-corrected chi connectivity index (χ0v) is 15.1. The van der Waals surface area contributed by atoms with Crippen molar-refractivity contribution in [3.05, 3.63) is 51.8 Å². The maximum atomic E-state index is 12.4. The molecule has 1 saturated heterocycles. The van der Waals surface area contributed by atoms with Gasteiger partial charge in [-0.2, -0.15) is 0 Å². The van der Waals surface area contributed by atoms with Crippen molar-refractivity contribution in [2.45, 2.75) is 32.6 Å². The highest BCUT2D eigenvalue weighted by Gasteiger charge is 2.27. The molecule has 27 heavy (non-hydrogen) atoms. The number of aromatic nitrogens is 2. The molecule has 9 heteroatoms. The van der Waals surface area contributed by atoms with Crippen LogP contribution in [0.15, 0.2) is 30.6 Å². The number of nitro groups is 1. The highest BCUT2D eigenvalue weighted by molar-refractivity contribution is 5.96. The van der Waals surface area contributed by atoms with Crippen LogP contribution in [-0.4, -0.2) is 33.9 Å². The monoisotopic (exact) mass is 370 g/mol. The van der Waals surface area contributed by atoms with E-state index in [-0.39, 0.29) is 17.3 Å². The summed E-state index contributed by atoms with van der Waals surface area (Å²) in [4.78, 5) is 33.6. The first-order valence-electron chi connectivity index (χ1n) is 8.94. The molecule has 1 aromatic carbocycles. The average Bonchev–Trinajstić information content (AvgIpc) is 2.95. The minimum Gasteiger partial charge on any atom is -0.351 e. The van der Waals surface area contributed by atoms with Crippen LogP contribution in [-0.2, 0) is 0 Å². The van der Waals surface area contributed by atoms with E-state index in [0.717, 1.165) is 31.2 Å². The molecule has 0 bridgehead atoms. The molecule has 0 radical (unpaired) electrons. The lowest BCUT2D eigenvalue weighted by molar-refractivity contribution is -0.383. The van der Waals surface area contributed by atoms with Crippen molar-refractivity contribution in [1.29, 1.82) is 0 Å². The van der Waals surface area contributed by atoms with Crippen molar-refractivity contribution in [2.75, 3.05) is 23.4 Å². The Morgan fingerprint density at radius 2 is 1.85 bits per heavy atom. The van der Waals surface area contributed by atoms with Gasteiger partial charge in [0.1, 0.15) is 6.33 Å². The third kappa shape index (κ3) is 4.30. The zero-order valence-electron chi connectivity index (χ0n) is 15.1. The van der Waals surface area contributed by atoms with Crippen molar-refractivity contribution in [2.24, 2.45) is 0 Å². The number of rotatable bonds is 5. The van der Waals surface area contributed by atoms with Crippen molar-refractivity contribution in [1.82, 2.24) is 15.4 Å². The summed E-state index contributed by atoms with van der Waals surface area (Å²) in [6, 6.07) is 7.09. The van der Waals surface area contributed by atoms with Crippen molar-refractivity contribution in [3.63, 3.8) is 0 Å². The van der Waals surface area contributed by atoms with Gasteiger partial charge < -0.3 is 4.90 Å². The molecule has 0 spiro atoms. The number of hydrazine groups is 1. The molecule has 1 fully saturated rings. The quantitative estimate of drug-likeness (QED) is 0.614. The van der Waals surface area contributed by atoms with Gasteiger partial charge in [-0.1, -0.05) is 31.0 Å². The van der Waals surface area contributed by atoms with E-state index in [2.05, 4.69) is 20.8 Å². The van der Waals surface area contributed by atoms with E-state index in [4.69, 9.17) is 0 Å². The second-order valence-corrected chi connectivity index (χ2v) is 6.45. The molecule has 1 amide bonds. The van der Waals surface area contributed by atoms with Crippen LogP contribution in [0.2, 0.25) is 0 Å². The fourth-order valence-corrected chi connectivity index (χ4v) is 3.15. The van der Waals surface area contributed by atoms with Gasteiger partial charge in [-0.3, -0.25) is 25.8 Å². The molecule has 2 N–H and O–H groups in total. The van der Waals surface area contributed by atoms with Gasteiger partial charge >= 0.3 is 5.69 Å². The number of anilines is 2. The number of hydrogen-bond acceptors (Lipinski definition) is 7. The van der Waals surface area contributed by atoms with Gasteiger partial charge in [0.2, 0.25) is 11.6 Å². The maximum Gasteiger partial charge on any atom is 0.355 e. The number of aryl methyl sites for hydroxylation is 1. The molecule has 1 aromatic heterocycles. The summed E-state index contributed by atoms with van der Waals surface area (Å²) in [6.07, 6.45) is 5.41.